The number of carboxylic acids is 3. The van der Waals surface area contributed by atoms with Gasteiger partial charge in [-0.05, 0) is 0 Å². The van der Waals surface area contributed by atoms with Gasteiger partial charge in [0.2, 0.25) is 0 Å². The second kappa shape index (κ2) is 10.2. The first-order valence-corrected chi connectivity index (χ1v) is 3.72. The molecule has 0 bridgehead atoms. The number of aliphatic hydroxyl groups is 1. The number of carbonyl (C=O) groups excluding carboxylic acids is 1. The number of hydrogen-bond donors (Lipinski definition) is 4. The number of carboxylic acid groups (broad SMARTS) is 3. The average molecular weight is 293 g/mol. The monoisotopic (exact) mass is 293 g/mol. The molecule has 0 amide bonds. The quantitative estimate of drug-likeness (QED) is 0.215. The van der Waals surface area contributed by atoms with Crippen LogP contribution in [0.4, 0.5) is 0 Å². The van der Waals surface area contributed by atoms with Crippen molar-refractivity contribution >= 4 is 17.9 Å². The molecule has 0 rings (SSSR count). The minimum absolute atomic E-state index is 0. The summed E-state index contributed by atoms with van der Waals surface area (Å²) in [5, 5.41) is 49.1. The van der Waals surface area contributed by atoms with Gasteiger partial charge in [-0.25, -0.2) is 4.79 Å². The molecule has 4 N–H and O–H groups in total. The van der Waals surface area contributed by atoms with E-state index in [4.69, 9.17) is 30.6 Å². The van der Waals surface area contributed by atoms with Gasteiger partial charge in [-0.1, -0.05) is 0 Å². The Morgan fingerprint density at radius 1 is 1.17 bits per heavy atom. The molecular weight excluding hydrogens is 285 g/mol. The molecule has 1 atom stereocenters. The Morgan fingerprint density at radius 3 is 1.67 bits per heavy atom. The molecule has 0 aliphatic carbocycles. The largest absolute Gasteiger partial charge is 1.00 e. The van der Waals surface area contributed by atoms with Crippen molar-refractivity contribution in [3.63, 3.8) is 0 Å². The van der Waals surface area contributed by atoms with E-state index < -0.39 is 41.4 Å². The first kappa shape index (κ1) is 22.4. The first-order valence-electron chi connectivity index (χ1n) is 3.72. The summed E-state index contributed by atoms with van der Waals surface area (Å²) < 4.78 is 0. The Hall–Kier alpha value is -0.794. The van der Waals surface area contributed by atoms with Crippen molar-refractivity contribution in [2.75, 3.05) is 0 Å². The summed E-state index contributed by atoms with van der Waals surface area (Å²) in [5.74, 6) is -5.34. The zero-order valence-electron chi connectivity index (χ0n) is 9.10. The van der Waals surface area contributed by atoms with Crippen molar-refractivity contribution in [3.8, 4) is 0 Å². The van der Waals surface area contributed by atoms with Gasteiger partial charge in [0.25, 0.3) is 5.09 Å². The second-order valence-corrected chi connectivity index (χ2v) is 2.69. The van der Waals surface area contributed by atoms with Crippen molar-refractivity contribution in [1.82, 2.24) is 0 Å². The smallest absolute Gasteiger partial charge is 0.550 e. The van der Waals surface area contributed by atoms with E-state index in [-0.39, 0.29) is 51.4 Å². The van der Waals surface area contributed by atoms with Gasteiger partial charge in [-0.3, -0.25) is 4.79 Å². The van der Waals surface area contributed by atoms with E-state index >= 15 is 0 Å². The zero-order chi connectivity index (χ0) is 14.2. The summed E-state index contributed by atoms with van der Waals surface area (Å²) in [4.78, 5) is 38.7. The third kappa shape index (κ3) is 13.3. The standard InChI is InChI=1S/C6H8O7.K.HNO3/c7-3(8)1-6(13,5(11)12)2-4(9)10;;2-1(3)4/h13H,1-2H2,(H,7,8)(H,9,10)(H,11,12);;(H,2,3,4)/q;+1;/p-1. The van der Waals surface area contributed by atoms with Crippen LogP contribution in [0.3, 0.4) is 0 Å². The fraction of sp³-hybridized carbons (Fsp3) is 0.500. The van der Waals surface area contributed by atoms with Crippen LogP contribution in [-0.2, 0) is 14.4 Å². The molecule has 0 heterocycles. The normalized spacial score (nSPS) is 11.8. The van der Waals surface area contributed by atoms with E-state index in [0.717, 1.165) is 0 Å². The fourth-order valence-corrected chi connectivity index (χ4v) is 0.703. The number of hydrogen-bond acceptors (Lipinski definition) is 7. The second-order valence-electron chi connectivity index (χ2n) is 2.69. The Morgan fingerprint density at radius 2 is 1.50 bits per heavy atom. The molecule has 0 aromatic heterocycles. The predicted octanol–water partition coefficient (Wildman–Crippen LogP) is -5.93. The van der Waals surface area contributed by atoms with E-state index in [0.29, 0.717) is 0 Å². The van der Waals surface area contributed by atoms with Gasteiger partial charge in [-0.2, -0.15) is 0 Å². The van der Waals surface area contributed by atoms with E-state index in [1.165, 1.54) is 0 Å². The average Bonchev–Trinajstić information content (AvgIpc) is 1.98. The van der Waals surface area contributed by atoms with Gasteiger partial charge < -0.3 is 30.4 Å². The maximum Gasteiger partial charge on any atom is 1.00 e. The van der Waals surface area contributed by atoms with Crippen LogP contribution >= 0.6 is 0 Å². The zero-order valence-corrected chi connectivity index (χ0v) is 12.2. The molecule has 1 unspecified atom stereocenters. The van der Waals surface area contributed by atoms with Gasteiger partial charge in [0.05, 0.1) is 6.42 Å². The Kier molecular flexibility index (Phi) is 12.6. The minimum Gasteiger partial charge on any atom is -0.550 e. The van der Waals surface area contributed by atoms with E-state index in [1.54, 1.807) is 0 Å². The molecule has 18 heavy (non-hydrogen) atoms. The van der Waals surface area contributed by atoms with Gasteiger partial charge in [0.1, 0.15) is 0 Å². The fourth-order valence-electron chi connectivity index (χ4n) is 0.703. The number of nitrogens with zero attached hydrogens (tertiary/aromatic N) is 1. The summed E-state index contributed by atoms with van der Waals surface area (Å²) in [6, 6.07) is 0. The van der Waals surface area contributed by atoms with E-state index in [2.05, 4.69) is 0 Å². The summed E-state index contributed by atoms with van der Waals surface area (Å²) in [6.45, 7) is 0. The van der Waals surface area contributed by atoms with Crippen LogP contribution in [0.1, 0.15) is 12.8 Å². The summed E-state index contributed by atoms with van der Waals surface area (Å²) >= 11 is 0. The predicted molar refractivity (Wildman–Crippen MR) is 43.2 cm³/mol. The molecule has 0 saturated carbocycles. The van der Waals surface area contributed by atoms with Crippen LogP contribution < -0.4 is 56.5 Å². The van der Waals surface area contributed by atoms with Gasteiger partial charge in [0.15, 0.2) is 5.60 Å². The number of carbonyl (C=O) groups is 3. The molecule has 0 saturated heterocycles. The Balaban J connectivity index is -0.000000392. The van der Waals surface area contributed by atoms with Crippen molar-refractivity contribution in [3.05, 3.63) is 10.1 Å². The van der Waals surface area contributed by atoms with E-state index in [9.17, 15) is 19.5 Å². The van der Waals surface area contributed by atoms with Crippen LogP contribution in [0.2, 0.25) is 0 Å². The Labute approximate surface area is 142 Å². The summed E-state index contributed by atoms with van der Waals surface area (Å²) in [5.41, 5.74) is -2.80. The van der Waals surface area contributed by atoms with Gasteiger partial charge >= 0.3 is 63.3 Å². The Bertz CT molecular complexity index is 308. The summed E-state index contributed by atoms with van der Waals surface area (Å²) in [7, 11) is 0. The van der Waals surface area contributed by atoms with Gasteiger partial charge in [-0.15, -0.1) is 10.1 Å². The van der Waals surface area contributed by atoms with Crippen molar-refractivity contribution in [1.29, 1.82) is 0 Å². The van der Waals surface area contributed by atoms with Crippen LogP contribution in [0.25, 0.3) is 0 Å². The first-order chi connectivity index (χ1) is 7.51. The maximum absolute atomic E-state index is 10.3. The van der Waals surface area contributed by atoms with Crippen molar-refractivity contribution in [2.24, 2.45) is 0 Å². The third-order valence-corrected chi connectivity index (χ3v) is 1.28. The molecule has 0 fully saturated rings. The minimum atomic E-state index is -2.80. The van der Waals surface area contributed by atoms with Crippen LogP contribution in [0.5, 0.6) is 0 Å². The molecular formula is C6H8KNO10. The van der Waals surface area contributed by atoms with Crippen LogP contribution in [-0.4, -0.2) is 49.1 Å². The third-order valence-electron chi connectivity index (χ3n) is 1.28. The SMILES string of the molecule is O=C([O-])CC(O)(CC(=O)O)C(=O)O.O=[N+]([O-])O.[K+]. The topological polar surface area (TPSA) is 198 Å². The molecule has 12 heteroatoms. The maximum atomic E-state index is 10.3. The summed E-state index contributed by atoms with van der Waals surface area (Å²) in [6.07, 6.45) is -2.44. The van der Waals surface area contributed by atoms with Crippen molar-refractivity contribution < 1.29 is 96.5 Å². The molecule has 98 valence electrons. The number of rotatable bonds is 5. The molecule has 0 radical (unpaired) electrons. The molecule has 0 aliphatic rings. The van der Waals surface area contributed by atoms with Crippen LogP contribution in [0, 0.1) is 10.1 Å². The molecule has 0 aromatic rings. The van der Waals surface area contributed by atoms with Crippen molar-refractivity contribution in [2.45, 2.75) is 18.4 Å². The molecule has 0 aliphatic heterocycles. The van der Waals surface area contributed by atoms with E-state index in [1.807, 2.05) is 0 Å². The molecule has 11 nitrogen and oxygen atoms in total. The molecule has 0 aromatic carbocycles. The molecule has 0 spiro atoms. The van der Waals surface area contributed by atoms with Crippen LogP contribution in [0.15, 0.2) is 0 Å². The number of aliphatic carboxylic acids is 3. The van der Waals surface area contributed by atoms with Gasteiger partial charge in [0, 0.05) is 12.4 Å².